The third-order valence-electron chi connectivity index (χ3n) is 6.58. The van der Waals surface area contributed by atoms with Gasteiger partial charge in [-0.15, -0.1) is 0 Å². The van der Waals surface area contributed by atoms with E-state index in [1.54, 1.807) is 0 Å². The van der Waals surface area contributed by atoms with Crippen LogP contribution in [-0.2, 0) is 6.18 Å². The van der Waals surface area contributed by atoms with Crippen LogP contribution in [0.1, 0.15) is 27.8 Å². The van der Waals surface area contributed by atoms with Crippen molar-refractivity contribution in [3.05, 3.63) is 138 Å². The molecule has 0 aliphatic heterocycles. The molecule has 0 unspecified atom stereocenters. The Balaban J connectivity index is 2.39. The van der Waals surface area contributed by atoms with Gasteiger partial charge in [-0.1, -0.05) is 0 Å². The zero-order valence-corrected chi connectivity index (χ0v) is 22.4. The summed E-state index contributed by atoms with van der Waals surface area (Å²) < 4.78 is 161. The summed E-state index contributed by atoms with van der Waals surface area (Å²) in [6.45, 7) is 21.6. The van der Waals surface area contributed by atoms with Crippen LogP contribution in [0.2, 0.25) is 0 Å². The van der Waals surface area contributed by atoms with E-state index in [9.17, 15) is 41.3 Å². The van der Waals surface area contributed by atoms with E-state index in [4.69, 9.17) is 25.0 Å². The predicted octanol–water partition coefficient (Wildman–Crippen LogP) is 8.79. The topological polar surface area (TPSA) is 97.3 Å². The molecule has 4 rings (SSSR count). The molecule has 2 aromatic carbocycles. The summed E-state index contributed by atoms with van der Waals surface area (Å²) in [4.78, 5) is 11.2. The summed E-state index contributed by atoms with van der Waals surface area (Å²) in [7, 11) is 0. The van der Waals surface area contributed by atoms with Crippen LogP contribution in [0.25, 0.3) is 31.4 Å². The number of pyridine rings is 1. The highest BCUT2D eigenvalue weighted by atomic mass is 19.4. The molecule has 234 valence electrons. The summed E-state index contributed by atoms with van der Waals surface area (Å²) in [6, 6.07) is 2.91. The quantitative estimate of drug-likeness (QED) is 0.121. The van der Waals surface area contributed by atoms with Crippen LogP contribution in [0.15, 0.2) is 29.1 Å². The van der Waals surface area contributed by atoms with Gasteiger partial charge in [-0.2, -0.15) is 29.0 Å². The molecule has 1 aliphatic carbocycles. The summed E-state index contributed by atoms with van der Waals surface area (Å²) in [5.74, 6) is -19.4. The summed E-state index contributed by atoms with van der Waals surface area (Å²) in [6.07, 6.45) is -4.80. The molecular weight excluding hydrogens is 667 g/mol. The number of aromatic nitrogens is 1. The predicted molar refractivity (Wildman–Crippen MR) is 138 cm³/mol. The maximum absolute atomic E-state index is 15.1. The van der Waals surface area contributed by atoms with Gasteiger partial charge >= 0.3 is 6.18 Å². The third-order valence-corrected chi connectivity index (χ3v) is 6.58. The average Bonchev–Trinajstić information content (AvgIpc) is 3.77. The Labute approximate surface area is 259 Å². The maximum Gasteiger partial charge on any atom is 0.416 e. The van der Waals surface area contributed by atoms with E-state index in [0.29, 0.717) is 6.20 Å². The monoisotopic (exact) mass is 669 g/mol. The molecule has 0 saturated heterocycles. The summed E-state index contributed by atoms with van der Waals surface area (Å²) >= 11 is 0. The van der Waals surface area contributed by atoms with E-state index in [-0.39, 0.29) is 6.20 Å². The molecule has 3 aromatic rings. The van der Waals surface area contributed by atoms with Gasteiger partial charge in [0.25, 0.3) is 5.69 Å². The van der Waals surface area contributed by atoms with Gasteiger partial charge in [-0.3, -0.25) is 4.98 Å². The van der Waals surface area contributed by atoms with Crippen molar-refractivity contribution in [1.29, 1.82) is 15.8 Å². The number of alkyl halides is 3. The standard InChI is InChI=1S/C30H2F11N7/c1-45-13-8-48-7-12(30(39,40)41)18(13)28(46-2)19-14(9(4-42)16-22(33)20(31)11(6-44)21(32)23(16)34)15(19)10(5-43)17-24(35)26(37)29(47-3)27(38)25(17)36/h7-8H/b14-9+,15-10-,28-19-. The number of nitrogens with zero attached hydrogens (tertiary/aromatic N) is 7. The molecule has 18 heteroatoms. The Morgan fingerprint density at radius 1 is 0.625 bits per heavy atom. The minimum atomic E-state index is -5.42. The van der Waals surface area contributed by atoms with Crippen molar-refractivity contribution < 1.29 is 48.3 Å². The maximum atomic E-state index is 15.1. The van der Waals surface area contributed by atoms with Crippen molar-refractivity contribution in [3.63, 3.8) is 0 Å². The van der Waals surface area contributed by atoms with Crippen molar-refractivity contribution >= 4 is 28.2 Å². The van der Waals surface area contributed by atoms with Crippen LogP contribution < -0.4 is 0 Å². The normalized spacial score (nSPS) is 15.2. The molecule has 7 nitrogen and oxygen atoms in total. The molecule has 1 aromatic heterocycles. The number of halogens is 11. The largest absolute Gasteiger partial charge is 0.416 e. The highest BCUT2D eigenvalue weighted by Crippen LogP contribution is 2.58. The minimum Gasteiger partial charge on any atom is -0.276 e. The number of rotatable bonds is 3. The molecule has 0 amide bonds. The first kappa shape index (κ1) is 33.9. The van der Waals surface area contributed by atoms with Crippen LogP contribution in [0.4, 0.5) is 59.7 Å². The van der Waals surface area contributed by atoms with E-state index in [2.05, 4.69) is 19.5 Å². The van der Waals surface area contributed by atoms with Crippen LogP contribution in [0.3, 0.4) is 0 Å². The molecule has 48 heavy (non-hydrogen) atoms. The SMILES string of the molecule is [C-]#[N+]/C(=C1/C(=C(\C#N)c2c(F)c(F)c(C#N)c(F)c2F)/C1=C(\C#N)c1c(F)c(F)c([N+]#[C-])c(F)c1F)c1c([N+]#[C-])cncc1C(F)(F)F. The van der Waals surface area contributed by atoms with Gasteiger partial charge < -0.3 is 0 Å². The molecule has 0 bridgehead atoms. The Bertz CT molecular complexity index is 2200. The highest BCUT2D eigenvalue weighted by Gasteiger charge is 2.46. The van der Waals surface area contributed by atoms with Crippen LogP contribution in [0.5, 0.6) is 0 Å². The van der Waals surface area contributed by atoms with Crippen molar-refractivity contribution in [2.24, 2.45) is 0 Å². The fourth-order valence-corrected chi connectivity index (χ4v) is 4.52. The third kappa shape index (κ3) is 4.91. The molecule has 0 spiro atoms. The molecule has 0 atom stereocenters. The molecule has 1 heterocycles. The zero-order chi connectivity index (χ0) is 36.0. The zero-order valence-electron chi connectivity index (χ0n) is 22.4. The van der Waals surface area contributed by atoms with Gasteiger partial charge in [0.05, 0.1) is 47.6 Å². The lowest BCUT2D eigenvalue weighted by Gasteiger charge is -2.13. The second kappa shape index (κ2) is 12.1. The van der Waals surface area contributed by atoms with Crippen molar-refractivity contribution in [2.45, 2.75) is 6.18 Å². The van der Waals surface area contributed by atoms with Crippen molar-refractivity contribution in [1.82, 2.24) is 4.98 Å². The minimum absolute atomic E-state index is 0.110. The molecule has 0 N–H and O–H groups in total. The fourth-order valence-electron chi connectivity index (χ4n) is 4.52. The number of hydrogen-bond donors (Lipinski definition) is 0. The highest BCUT2D eigenvalue weighted by molar-refractivity contribution is 6.12. The second-order valence-electron chi connectivity index (χ2n) is 8.96. The first-order valence-corrected chi connectivity index (χ1v) is 11.9. The Morgan fingerprint density at radius 2 is 1.08 bits per heavy atom. The molecule has 1 aliphatic rings. The van der Waals surface area contributed by atoms with E-state index in [1.807, 2.05) is 0 Å². The van der Waals surface area contributed by atoms with Gasteiger partial charge in [0.15, 0.2) is 52.2 Å². The van der Waals surface area contributed by atoms with Crippen molar-refractivity contribution in [2.75, 3.05) is 0 Å². The van der Waals surface area contributed by atoms with Crippen molar-refractivity contribution in [3.8, 4) is 18.2 Å². The van der Waals surface area contributed by atoms with Gasteiger partial charge in [0.1, 0.15) is 23.8 Å². The lowest BCUT2D eigenvalue weighted by Crippen LogP contribution is -2.09. The first-order valence-electron chi connectivity index (χ1n) is 11.9. The van der Waals surface area contributed by atoms with Gasteiger partial charge in [-0.05, 0) is 16.7 Å². The number of allylic oxidation sites excluding steroid dienone is 5. The Kier molecular flexibility index (Phi) is 8.51. The van der Waals surface area contributed by atoms with Crippen LogP contribution in [-0.4, -0.2) is 4.98 Å². The van der Waals surface area contributed by atoms with Crippen LogP contribution >= 0.6 is 0 Å². The van der Waals surface area contributed by atoms with Gasteiger partial charge in [-0.25, -0.2) is 49.7 Å². The Hall–Kier alpha value is -7.02. The lowest BCUT2D eigenvalue weighted by molar-refractivity contribution is -0.137. The van der Waals surface area contributed by atoms with Gasteiger partial charge in [0.2, 0.25) is 5.69 Å². The number of nitriles is 3. The molecule has 0 radical (unpaired) electrons. The molecular formula is C30H2F11N7. The number of hydrogen-bond acceptors (Lipinski definition) is 4. The Morgan fingerprint density at radius 3 is 1.44 bits per heavy atom. The fraction of sp³-hybridized carbons (Fsp3) is 0.0333. The van der Waals surface area contributed by atoms with E-state index in [1.165, 1.54) is 0 Å². The first-order chi connectivity index (χ1) is 22.6. The molecule has 1 saturated carbocycles. The van der Waals surface area contributed by atoms with E-state index in [0.717, 1.165) is 18.2 Å². The summed E-state index contributed by atoms with van der Waals surface area (Å²) in [5, 5.41) is 28.7. The van der Waals surface area contributed by atoms with E-state index >= 15 is 17.6 Å². The van der Waals surface area contributed by atoms with Crippen LogP contribution in [0, 0.1) is 100 Å². The van der Waals surface area contributed by atoms with Gasteiger partial charge in [0, 0.05) is 18.0 Å². The van der Waals surface area contributed by atoms with E-state index < -0.39 is 125 Å². The smallest absolute Gasteiger partial charge is 0.276 e. The number of benzene rings is 2. The lowest BCUT2D eigenvalue weighted by atomic mass is 9.99. The second-order valence-corrected chi connectivity index (χ2v) is 8.96. The summed E-state index contributed by atoms with van der Waals surface area (Å²) in [5.41, 5.74) is -20.3. The molecule has 1 fully saturated rings. The average molecular weight is 669 g/mol.